The molecule has 4 heteroatoms. The van der Waals surface area contributed by atoms with Crippen molar-refractivity contribution in [2.45, 2.75) is 36.6 Å². The Bertz CT molecular complexity index is 538. The summed E-state index contributed by atoms with van der Waals surface area (Å²) in [5, 5.41) is 1.39. The first-order valence-corrected chi connectivity index (χ1v) is 7.03. The highest BCUT2D eigenvalue weighted by molar-refractivity contribution is 7.99. The maximum Gasteiger partial charge on any atom is 0.133 e. The standard InChI is InChI=1S/C14H15ClN2S/c1-9(2)14-16-12(15)8-13(17-14)18-11-6-4-10(3)5-7-11/h4-9H,1-3H3. The van der Waals surface area contributed by atoms with Crippen LogP contribution in [-0.4, -0.2) is 9.97 Å². The van der Waals surface area contributed by atoms with E-state index in [0.29, 0.717) is 5.15 Å². The Labute approximate surface area is 117 Å². The first-order valence-electron chi connectivity index (χ1n) is 5.83. The molecule has 18 heavy (non-hydrogen) atoms. The Kier molecular flexibility index (Phi) is 4.25. The predicted molar refractivity (Wildman–Crippen MR) is 76.4 cm³/mol. The number of aryl methyl sites for hydroxylation is 1. The molecular formula is C14H15ClN2S. The van der Waals surface area contributed by atoms with Gasteiger partial charge in [-0.05, 0) is 19.1 Å². The molecule has 2 nitrogen and oxygen atoms in total. The third-order valence-corrected chi connectivity index (χ3v) is 3.57. The summed E-state index contributed by atoms with van der Waals surface area (Å²) in [5.74, 6) is 1.07. The molecule has 0 amide bonds. The molecule has 0 saturated heterocycles. The lowest BCUT2D eigenvalue weighted by Gasteiger charge is -2.07. The van der Waals surface area contributed by atoms with Crippen molar-refractivity contribution < 1.29 is 0 Å². The lowest BCUT2D eigenvalue weighted by Crippen LogP contribution is -1.98. The number of hydrogen-bond acceptors (Lipinski definition) is 3. The minimum Gasteiger partial charge on any atom is -0.226 e. The third kappa shape index (κ3) is 3.47. The average molecular weight is 279 g/mol. The second-order valence-electron chi connectivity index (χ2n) is 4.46. The van der Waals surface area contributed by atoms with E-state index in [1.807, 2.05) is 0 Å². The zero-order valence-electron chi connectivity index (χ0n) is 10.6. The zero-order chi connectivity index (χ0) is 13.1. The normalized spacial score (nSPS) is 10.9. The van der Waals surface area contributed by atoms with Gasteiger partial charge in [0, 0.05) is 16.9 Å². The summed E-state index contributed by atoms with van der Waals surface area (Å²) in [6.45, 7) is 6.20. The van der Waals surface area contributed by atoms with E-state index in [2.05, 4.69) is 55.0 Å². The molecule has 0 bridgehead atoms. The summed E-state index contributed by atoms with van der Waals surface area (Å²) in [4.78, 5) is 9.91. The molecule has 1 heterocycles. The molecule has 0 unspecified atom stereocenters. The van der Waals surface area contributed by atoms with Gasteiger partial charge in [0.1, 0.15) is 16.0 Å². The highest BCUT2D eigenvalue weighted by atomic mass is 35.5. The highest BCUT2D eigenvalue weighted by Gasteiger charge is 2.08. The van der Waals surface area contributed by atoms with Crippen molar-refractivity contribution in [1.82, 2.24) is 9.97 Å². The first kappa shape index (κ1) is 13.4. The average Bonchev–Trinajstić information content (AvgIpc) is 2.31. The van der Waals surface area contributed by atoms with Crippen LogP contribution in [-0.2, 0) is 0 Å². The van der Waals surface area contributed by atoms with Gasteiger partial charge in [-0.2, -0.15) is 0 Å². The lowest BCUT2D eigenvalue weighted by atomic mass is 10.2. The van der Waals surface area contributed by atoms with Gasteiger partial charge in [0.2, 0.25) is 0 Å². The smallest absolute Gasteiger partial charge is 0.133 e. The second kappa shape index (κ2) is 5.72. The van der Waals surface area contributed by atoms with Crippen LogP contribution in [0.4, 0.5) is 0 Å². The molecule has 94 valence electrons. The van der Waals surface area contributed by atoms with Crippen molar-refractivity contribution in [2.75, 3.05) is 0 Å². The summed E-state index contributed by atoms with van der Waals surface area (Å²) in [5.41, 5.74) is 1.25. The maximum absolute atomic E-state index is 6.02. The number of aromatic nitrogens is 2. The summed E-state index contributed by atoms with van der Waals surface area (Å²) >= 11 is 7.63. The SMILES string of the molecule is Cc1ccc(Sc2cc(Cl)nc(C(C)C)n2)cc1. The Morgan fingerprint density at radius 2 is 1.78 bits per heavy atom. The second-order valence-corrected chi connectivity index (χ2v) is 5.94. The van der Waals surface area contributed by atoms with Crippen molar-refractivity contribution >= 4 is 23.4 Å². The topological polar surface area (TPSA) is 25.8 Å². The summed E-state index contributed by atoms with van der Waals surface area (Å²) in [6.07, 6.45) is 0. The molecule has 0 spiro atoms. The van der Waals surface area contributed by atoms with Gasteiger partial charge < -0.3 is 0 Å². The fourth-order valence-electron chi connectivity index (χ4n) is 1.45. The van der Waals surface area contributed by atoms with Gasteiger partial charge in [-0.25, -0.2) is 9.97 Å². The van der Waals surface area contributed by atoms with Gasteiger partial charge in [0.05, 0.1) is 0 Å². The molecule has 0 atom stereocenters. The van der Waals surface area contributed by atoms with E-state index in [9.17, 15) is 0 Å². The Balaban J connectivity index is 2.26. The van der Waals surface area contributed by atoms with Gasteiger partial charge in [-0.15, -0.1) is 0 Å². The van der Waals surface area contributed by atoms with Crippen molar-refractivity contribution in [3.8, 4) is 0 Å². The van der Waals surface area contributed by atoms with Crippen LogP contribution in [0.3, 0.4) is 0 Å². The van der Waals surface area contributed by atoms with E-state index >= 15 is 0 Å². The van der Waals surface area contributed by atoms with E-state index < -0.39 is 0 Å². The predicted octanol–water partition coefficient (Wildman–Crippen LogP) is 4.71. The molecule has 0 saturated carbocycles. The Morgan fingerprint density at radius 1 is 1.11 bits per heavy atom. The molecule has 0 aliphatic heterocycles. The number of rotatable bonds is 3. The Morgan fingerprint density at radius 3 is 2.39 bits per heavy atom. The molecule has 0 fully saturated rings. The molecule has 2 rings (SSSR count). The molecule has 0 aliphatic rings. The van der Waals surface area contributed by atoms with Crippen LogP contribution in [0.15, 0.2) is 40.3 Å². The quantitative estimate of drug-likeness (QED) is 0.760. The van der Waals surface area contributed by atoms with Gasteiger partial charge in [-0.3, -0.25) is 0 Å². The van der Waals surface area contributed by atoms with Crippen LogP contribution in [0.5, 0.6) is 0 Å². The van der Waals surface area contributed by atoms with Crippen LogP contribution >= 0.6 is 23.4 Å². The molecule has 0 radical (unpaired) electrons. The third-order valence-electron chi connectivity index (χ3n) is 2.45. The van der Waals surface area contributed by atoms with E-state index in [-0.39, 0.29) is 5.92 Å². The fourth-order valence-corrected chi connectivity index (χ4v) is 2.53. The largest absolute Gasteiger partial charge is 0.226 e. The Hall–Kier alpha value is -1.06. The van der Waals surface area contributed by atoms with Gasteiger partial charge >= 0.3 is 0 Å². The highest BCUT2D eigenvalue weighted by Crippen LogP contribution is 2.28. The van der Waals surface area contributed by atoms with Gasteiger partial charge in [0.25, 0.3) is 0 Å². The fraction of sp³-hybridized carbons (Fsp3) is 0.286. The van der Waals surface area contributed by atoms with Gasteiger partial charge in [-0.1, -0.05) is 54.9 Å². The molecule has 0 aliphatic carbocycles. The monoisotopic (exact) mass is 278 g/mol. The van der Waals surface area contributed by atoms with Crippen molar-refractivity contribution in [2.24, 2.45) is 0 Å². The van der Waals surface area contributed by atoms with Crippen LogP contribution < -0.4 is 0 Å². The number of hydrogen-bond donors (Lipinski definition) is 0. The number of nitrogens with zero attached hydrogens (tertiary/aromatic N) is 2. The molecular weight excluding hydrogens is 264 g/mol. The van der Waals surface area contributed by atoms with E-state index in [4.69, 9.17) is 11.6 Å². The van der Waals surface area contributed by atoms with Gasteiger partial charge in [0.15, 0.2) is 0 Å². The summed E-state index contributed by atoms with van der Waals surface area (Å²) in [7, 11) is 0. The molecule has 0 N–H and O–H groups in total. The number of halogens is 1. The van der Waals surface area contributed by atoms with Crippen LogP contribution in [0, 0.1) is 6.92 Å². The van der Waals surface area contributed by atoms with E-state index in [1.165, 1.54) is 5.56 Å². The molecule has 1 aromatic heterocycles. The maximum atomic E-state index is 6.02. The summed E-state index contributed by atoms with van der Waals surface area (Å²) in [6, 6.07) is 10.2. The number of benzene rings is 1. The summed E-state index contributed by atoms with van der Waals surface area (Å²) < 4.78 is 0. The lowest BCUT2D eigenvalue weighted by molar-refractivity contribution is 0.753. The van der Waals surface area contributed by atoms with E-state index in [0.717, 1.165) is 15.7 Å². The van der Waals surface area contributed by atoms with Crippen molar-refractivity contribution in [1.29, 1.82) is 0 Å². The van der Waals surface area contributed by atoms with Crippen LogP contribution in [0.25, 0.3) is 0 Å². The minimum absolute atomic E-state index is 0.279. The van der Waals surface area contributed by atoms with Crippen LogP contribution in [0.1, 0.15) is 31.2 Å². The van der Waals surface area contributed by atoms with E-state index in [1.54, 1.807) is 17.8 Å². The molecule has 2 aromatic rings. The zero-order valence-corrected chi connectivity index (χ0v) is 12.2. The molecule has 1 aromatic carbocycles. The van der Waals surface area contributed by atoms with Crippen molar-refractivity contribution in [3.05, 3.63) is 46.9 Å². The van der Waals surface area contributed by atoms with Crippen LogP contribution in [0.2, 0.25) is 5.15 Å². The first-order chi connectivity index (χ1) is 8.54. The minimum atomic E-state index is 0.279. The van der Waals surface area contributed by atoms with Crippen molar-refractivity contribution in [3.63, 3.8) is 0 Å².